The predicted molar refractivity (Wildman–Crippen MR) is 69.8 cm³/mol. The first kappa shape index (κ1) is 14.2. The van der Waals surface area contributed by atoms with Gasteiger partial charge in [0.2, 0.25) is 0 Å². The van der Waals surface area contributed by atoms with E-state index in [1.54, 1.807) is 0 Å². The summed E-state index contributed by atoms with van der Waals surface area (Å²) in [6.07, 6.45) is 2.42. The number of aliphatic hydroxyl groups excluding tert-OH is 1. The lowest BCUT2D eigenvalue weighted by molar-refractivity contribution is 0.183. The summed E-state index contributed by atoms with van der Waals surface area (Å²) in [6, 6.07) is 9.63. The molecule has 1 aromatic carbocycles. The van der Waals surface area contributed by atoms with Crippen LogP contribution in [0.15, 0.2) is 30.3 Å². The molecule has 3 nitrogen and oxygen atoms in total. The molecule has 17 heavy (non-hydrogen) atoms. The molecule has 0 saturated carbocycles. The van der Waals surface area contributed by atoms with Crippen LogP contribution in [-0.4, -0.2) is 32.1 Å². The van der Waals surface area contributed by atoms with Gasteiger partial charge in [0.05, 0.1) is 12.4 Å². The monoisotopic (exact) mass is 256 g/mol. The van der Waals surface area contributed by atoms with E-state index in [-0.39, 0.29) is 12.4 Å². The molecule has 0 aliphatic heterocycles. The third-order valence-corrected chi connectivity index (χ3v) is 4.26. The van der Waals surface area contributed by atoms with Gasteiger partial charge in [0.1, 0.15) is 9.84 Å². The van der Waals surface area contributed by atoms with Crippen LogP contribution in [0, 0.1) is 0 Å². The molecule has 1 aromatic rings. The Bertz CT molecular complexity index is 433. The molecule has 0 spiro atoms. The first-order valence-corrected chi connectivity index (χ1v) is 7.84. The lowest BCUT2D eigenvalue weighted by Crippen LogP contribution is -2.32. The summed E-state index contributed by atoms with van der Waals surface area (Å²) >= 11 is 0. The number of hydrogen-bond donors (Lipinski definition) is 1. The minimum atomic E-state index is -3.00. The Labute approximate surface area is 103 Å². The molecule has 4 heteroatoms. The van der Waals surface area contributed by atoms with E-state index in [1.165, 1.54) is 6.26 Å². The zero-order valence-electron chi connectivity index (χ0n) is 10.4. The van der Waals surface area contributed by atoms with Crippen LogP contribution in [0.1, 0.15) is 25.3 Å². The molecule has 0 heterocycles. The molecular formula is C13H20O3S. The molecule has 1 unspecified atom stereocenters. The van der Waals surface area contributed by atoms with Gasteiger partial charge in [0.15, 0.2) is 0 Å². The van der Waals surface area contributed by atoms with Crippen molar-refractivity contribution in [1.29, 1.82) is 0 Å². The van der Waals surface area contributed by atoms with Crippen LogP contribution in [0.25, 0.3) is 0 Å². The third kappa shape index (κ3) is 3.82. The van der Waals surface area contributed by atoms with Crippen molar-refractivity contribution in [3.05, 3.63) is 35.9 Å². The van der Waals surface area contributed by atoms with E-state index < -0.39 is 15.3 Å². The lowest BCUT2D eigenvalue weighted by atomic mass is 9.76. The maximum absolute atomic E-state index is 11.3. The minimum absolute atomic E-state index is 0.0248. The van der Waals surface area contributed by atoms with Gasteiger partial charge in [-0.05, 0) is 18.4 Å². The van der Waals surface area contributed by atoms with Gasteiger partial charge in [-0.1, -0.05) is 37.3 Å². The topological polar surface area (TPSA) is 54.4 Å². The van der Waals surface area contributed by atoms with E-state index in [0.717, 1.165) is 12.0 Å². The van der Waals surface area contributed by atoms with Crippen LogP contribution >= 0.6 is 0 Å². The fraction of sp³-hybridized carbons (Fsp3) is 0.538. The van der Waals surface area contributed by atoms with Crippen molar-refractivity contribution in [2.75, 3.05) is 18.6 Å². The molecule has 0 aromatic heterocycles. The zero-order chi connectivity index (χ0) is 12.9. The summed E-state index contributed by atoms with van der Waals surface area (Å²) < 4.78 is 22.5. The van der Waals surface area contributed by atoms with E-state index in [2.05, 4.69) is 0 Å². The normalized spacial score (nSPS) is 15.5. The molecule has 0 fully saturated rings. The third-order valence-electron chi connectivity index (χ3n) is 3.32. The molecule has 0 aliphatic rings. The quantitative estimate of drug-likeness (QED) is 0.844. The highest BCUT2D eigenvalue weighted by Gasteiger charge is 2.30. The van der Waals surface area contributed by atoms with Crippen molar-refractivity contribution >= 4 is 9.84 Å². The summed E-state index contributed by atoms with van der Waals surface area (Å²) in [5.74, 6) is 0.107. The molecule has 0 saturated heterocycles. The molecule has 1 rings (SSSR count). The Kier molecular flexibility index (Phi) is 4.71. The van der Waals surface area contributed by atoms with Gasteiger partial charge < -0.3 is 5.11 Å². The van der Waals surface area contributed by atoms with Gasteiger partial charge in [-0.25, -0.2) is 8.42 Å². The van der Waals surface area contributed by atoms with E-state index in [1.807, 2.05) is 37.3 Å². The molecule has 0 amide bonds. The Balaban J connectivity index is 2.98. The second kappa shape index (κ2) is 5.65. The van der Waals surface area contributed by atoms with E-state index >= 15 is 0 Å². The Morgan fingerprint density at radius 2 is 1.82 bits per heavy atom. The number of aliphatic hydroxyl groups is 1. The van der Waals surface area contributed by atoms with Crippen LogP contribution < -0.4 is 0 Å². The average molecular weight is 256 g/mol. The second-order valence-electron chi connectivity index (χ2n) is 4.54. The van der Waals surface area contributed by atoms with Gasteiger partial charge in [-0.2, -0.15) is 0 Å². The van der Waals surface area contributed by atoms with Gasteiger partial charge in [-0.3, -0.25) is 0 Å². The first-order valence-electron chi connectivity index (χ1n) is 5.77. The number of hydrogen-bond acceptors (Lipinski definition) is 3. The second-order valence-corrected chi connectivity index (χ2v) is 6.80. The maximum atomic E-state index is 11.3. The largest absolute Gasteiger partial charge is 0.395 e. The predicted octanol–water partition coefficient (Wildman–Crippen LogP) is 1.76. The lowest BCUT2D eigenvalue weighted by Gasteiger charge is -2.31. The molecule has 0 radical (unpaired) electrons. The van der Waals surface area contributed by atoms with E-state index in [9.17, 15) is 13.5 Å². The Morgan fingerprint density at radius 1 is 1.24 bits per heavy atom. The van der Waals surface area contributed by atoms with Crippen molar-refractivity contribution in [3.8, 4) is 0 Å². The smallest absolute Gasteiger partial charge is 0.147 e. The standard InChI is InChI=1S/C13H20O3S/c1-3-13(11-14,9-10-17(2,15)16)12-7-5-4-6-8-12/h4-8,14H,3,9-11H2,1-2H3. The average Bonchev–Trinajstić information content (AvgIpc) is 2.31. The van der Waals surface area contributed by atoms with Crippen LogP contribution in [0.4, 0.5) is 0 Å². The summed E-state index contributed by atoms with van der Waals surface area (Å²) in [7, 11) is -3.00. The van der Waals surface area contributed by atoms with E-state index in [4.69, 9.17) is 0 Å². The highest BCUT2D eigenvalue weighted by Crippen LogP contribution is 2.31. The highest BCUT2D eigenvalue weighted by atomic mass is 32.2. The van der Waals surface area contributed by atoms with Crippen molar-refractivity contribution in [1.82, 2.24) is 0 Å². The molecule has 1 N–H and O–H groups in total. The van der Waals surface area contributed by atoms with E-state index in [0.29, 0.717) is 6.42 Å². The molecular weight excluding hydrogens is 236 g/mol. The maximum Gasteiger partial charge on any atom is 0.147 e. The van der Waals surface area contributed by atoms with Crippen molar-refractivity contribution in [2.24, 2.45) is 0 Å². The summed E-state index contributed by atoms with van der Waals surface area (Å²) in [5, 5.41) is 9.63. The van der Waals surface area contributed by atoms with Crippen molar-refractivity contribution in [3.63, 3.8) is 0 Å². The Morgan fingerprint density at radius 3 is 2.24 bits per heavy atom. The number of benzene rings is 1. The zero-order valence-corrected chi connectivity index (χ0v) is 11.2. The van der Waals surface area contributed by atoms with Crippen LogP contribution in [-0.2, 0) is 15.3 Å². The van der Waals surface area contributed by atoms with Crippen LogP contribution in [0.5, 0.6) is 0 Å². The molecule has 0 bridgehead atoms. The van der Waals surface area contributed by atoms with Crippen LogP contribution in [0.2, 0.25) is 0 Å². The molecule has 1 atom stereocenters. The van der Waals surface area contributed by atoms with Crippen molar-refractivity contribution < 1.29 is 13.5 Å². The first-order chi connectivity index (χ1) is 7.93. The fourth-order valence-electron chi connectivity index (χ4n) is 1.98. The highest BCUT2D eigenvalue weighted by molar-refractivity contribution is 7.90. The minimum Gasteiger partial charge on any atom is -0.395 e. The van der Waals surface area contributed by atoms with Crippen LogP contribution in [0.3, 0.4) is 0 Å². The number of rotatable bonds is 6. The molecule has 0 aliphatic carbocycles. The summed E-state index contributed by atoms with van der Waals surface area (Å²) in [6.45, 7) is 1.95. The number of sulfone groups is 1. The SMILES string of the molecule is CCC(CO)(CCS(C)(=O)=O)c1ccccc1. The van der Waals surface area contributed by atoms with Gasteiger partial charge in [0, 0.05) is 11.7 Å². The Hall–Kier alpha value is -0.870. The fourth-order valence-corrected chi connectivity index (χ4v) is 2.74. The summed E-state index contributed by atoms with van der Waals surface area (Å²) in [5.41, 5.74) is 0.568. The van der Waals surface area contributed by atoms with Crippen molar-refractivity contribution in [2.45, 2.75) is 25.2 Å². The van der Waals surface area contributed by atoms with Gasteiger partial charge >= 0.3 is 0 Å². The summed E-state index contributed by atoms with van der Waals surface area (Å²) in [4.78, 5) is 0. The van der Waals surface area contributed by atoms with Gasteiger partial charge in [0.25, 0.3) is 0 Å². The molecule has 96 valence electrons. The van der Waals surface area contributed by atoms with Gasteiger partial charge in [-0.15, -0.1) is 0 Å².